The fourth-order valence-corrected chi connectivity index (χ4v) is 1.10. The second-order valence-electron chi connectivity index (χ2n) is 3.02. The van der Waals surface area contributed by atoms with Gasteiger partial charge < -0.3 is 10.4 Å². The SMILES string of the molecule is Cc1nc2n(n1)C=CC(C)(O)N2. The van der Waals surface area contributed by atoms with E-state index < -0.39 is 5.72 Å². The largest absolute Gasteiger partial charge is 0.368 e. The summed E-state index contributed by atoms with van der Waals surface area (Å²) in [7, 11) is 0. The van der Waals surface area contributed by atoms with E-state index in [-0.39, 0.29) is 0 Å². The van der Waals surface area contributed by atoms with Gasteiger partial charge in [-0.3, -0.25) is 0 Å². The summed E-state index contributed by atoms with van der Waals surface area (Å²) in [5.74, 6) is 1.25. The van der Waals surface area contributed by atoms with Gasteiger partial charge in [0.05, 0.1) is 0 Å². The van der Waals surface area contributed by atoms with Crippen molar-refractivity contribution in [3.8, 4) is 0 Å². The lowest BCUT2D eigenvalue weighted by atomic mass is 10.2. The second-order valence-corrected chi connectivity index (χ2v) is 3.02. The predicted molar refractivity (Wildman–Crippen MR) is 44.3 cm³/mol. The molecule has 0 fully saturated rings. The summed E-state index contributed by atoms with van der Waals surface area (Å²) in [5, 5.41) is 16.4. The molecule has 12 heavy (non-hydrogen) atoms. The van der Waals surface area contributed by atoms with Crippen LogP contribution < -0.4 is 5.32 Å². The van der Waals surface area contributed by atoms with Crippen LogP contribution in [-0.2, 0) is 0 Å². The molecule has 0 saturated heterocycles. The molecule has 0 bridgehead atoms. The van der Waals surface area contributed by atoms with Gasteiger partial charge in [0, 0.05) is 6.20 Å². The van der Waals surface area contributed by atoms with Gasteiger partial charge in [-0.1, -0.05) is 0 Å². The van der Waals surface area contributed by atoms with Crippen molar-refractivity contribution in [2.45, 2.75) is 19.6 Å². The third kappa shape index (κ3) is 1.08. The molecule has 2 heterocycles. The molecular weight excluding hydrogens is 156 g/mol. The maximum atomic E-state index is 9.55. The first-order chi connectivity index (χ1) is 5.57. The molecule has 1 unspecified atom stereocenters. The topological polar surface area (TPSA) is 63.0 Å². The Kier molecular flexibility index (Phi) is 1.26. The van der Waals surface area contributed by atoms with Crippen LogP contribution in [0.5, 0.6) is 0 Å². The number of nitrogens with zero attached hydrogens (tertiary/aromatic N) is 3. The monoisotopic (exact) mass is 166 g/mol. The van der Waals surface area contributed by atoms with Gasteiger partial charge in [0.25, 0.3) is 0 Å². The first-order valence-corrected chi connectivity index (χ1v) is 3.70. The van der Waals surface area contributed by atoms with Crippen LogP contribution >= 0.6 is 0 Å². The number of aryl methyl sites for hydroxylation is 1. The molecule has 0 amide bonds. The molecule has 1 atom stereocenters. The number of fused-ring (bicyclic) bond motifs is 1. The van der Waals surface area contributed by atoms with E-state index >= 15 is 0 Å². The Labute approximate surface area is 69.7 Å². The van der Waals surface area contributed by atoms with Crippen LogP contribution in [0, 0.1) is 6.92 Å². The van der Waals surface area contributed by atoms with Crippen molar-refractivity contribution in [2.75, 3.05) is 5.32 Å². The van der Waals surface area contributed by atoms with E-state index in [4.69, 9.17) is 0 Å². The number of rotatable bonds is 0. The van der Waals surface area contributed by atoms with Gasteiger partial charge >= 0.3 is 0 Å². The molecule has 0 aliphatic carbocycles. The predicted octanol–water partition coefficient (Wildman–Crippen LogP) is 0.191. The molecule has 0 spiro atoms. The highest BCUT2D eigenvalue weighted by Gasteiger charge is 2.22. The Morgan fingerprint density at radius 1 is 1.67 bits per heavy atom. The minimum absolute atomic E-state index is 0.569. The number of nitrogens with one attached hydrogen (secondary N) is 1. The zero-order valence-corrected chi connectivity index (χ0v) is 6.94. The van der Waals surface area contributed by atoms with Crippen molar-refractivity contribution in [1.82, 2.24) is 14.8 Å². The average molecular weight is 166 g/mol. The molecule has 1 aromatic heterocycles. The summed E-state index contributed by atoms with van der Waals surface area (Å²) in [4.78, 5) is 4.08. The van der Waals surface area contributed by atoms with Crippen LogP contribution in [0.4, 0.5) is 5.95 Å². The summed E-state index contributed by atoms with van der Waals surface area (Å²) in [6.45, 7) is 3.45. The quantitative estimate of drug-likeness (QED) is 0.577. The van der Waals surface area contributed by atoms with E-state index in [1.54, 1.807) is 30.8 Å². The van der Waals surface area contributed by atoms with Crippen molar-refractivity contribution in [2.24, 2.45) is 0 Å². The van der Waals surface area contributed by atoms with Crippen LogP contribution in [0.2, 0.25) is 0 Å². The number of anilines is 1. The van der Waals surface area contributed by atoms with E-state index in [0.29, 0.717) is 11.8 Å². The Bertz CT molecular complexity index is 339. The lowest BCUT2D eigenvalue weighted by Gasteiger charge is -2.24. The third-order valence-corrected chi connectivity index (χ3v) is 1.64. The van der Waals surface area contributed by atoms with Gasteiger partial charge in [0.2, 0.25) is 5.95 Å². The number of aliphatic hydroxyl groups is 1. The smallest absolute Gasteiger partial charge is 0.228 e. The molecule has 2 N–H and O–H groups in total. The van der Waals surface area contributed by atoms with Gasteiger partial charge in [0.1, 0.15) is 5.82 Å². The van der Waals surface area contributed by atoms with Crippen LogP contribution in [-0.4, -0.2) is 25.6 Å². The maximum Gasteiger partial charge on any atom is 0.228 e. The molecule has 1 aliphatic heterocycles. The van der Waals surface area contributed by atoms with Crippen LogP contribution in [0.25, 0.3) is 6.20 Å². The first kappa shape index (κ1) is 7.30. The Morgan fingerprint density at radius 2 is 2.42 bits per heavy atom. The fraction of sp³-hybridized carbons (Fsp3) is 0.429. The Morgan fingerprint density at radius 3 is 3.17 bits per heavy atom. The van der Waals surface area contributed by atoms with Gasteiger partial charge in [-0.25, -0.2) is 4.68 Å². The van der Waals surface area contributed by atoms with E-state index in [9.17, 15) is 5.11 Å². The van der Waals surface area contributed by atoms with Crippen molar-refractivity contribution in [3.05, 3.63) is 11.9 Å². The fourth-order valence-electron chi connectivity index (χ4n) is 1.10. The minimum Gasteiger partial charge on any atom is -0.368 e. The number of hydrogen-bond acceptors (Lipinski definition) is 4. The summed E-state index contributed by atoms with van der Waals surface area (Å²) in [5.41, 5.74) is -1.02. The minimum atomic E-state index is -1.02. The molecule has 2 rings (SSSR count). The zero-order valence-electron chi connectivity index (χ0n) is 6.94. The van der Waals surface area contributed by atoms with E-state index in [0.717, 1.165) is 0 Å². The average Bonchev–Trinajstić information content (AvgIpc) is 2.26. The van der Waals surface area contributed by atoms with Crippen molar-refractivity contribution >= 4 is 12.1 Å². The molecule has 0 saturated carbocycles. The van der Waals surface area contributed by atoms with Gasteiger partial charge in [0.15, 0.2) is 5.72 Å². The summed E-state index contributed by atoms with van der Waals surface area (Å²) >= 11 is 0. The van der Waals surface area contributed by atoms with Crippen LogP contribution in [0.15, 0.2) is 6.08 Å². The molecule has 5 heteroatoms. The molecule has 0 radical (unpaired) electrons. The molecular formula is C7H10N4O. The highest BCUT2D eigenvalue weighted by molar-refractivity contribution is 5.46. The lowest BCUT2D eigenvalue weighted by molar-refractivity contribution is 0.140. The summed E-state index contributed by atoms with van der Waals surface area (Å²) < 4.78 is 1.59. The molecule has 5 nitrogen and oxygen atoms in total. The van der Waals surface area contributed by atoms with Crippen LogP contribution in [0.1, 0.15) is 12.7 Å². The van der Waals surface area contributed by atoms with Gasteiger partial charge in [-0.05, 0) is 19.9 Å². The summed E-state index contributed by atoms with van der Waals surface area (Å²) in [6.07, 6.45) is 3.31. The van der Waals surface area contributed by atoms with Crippen LogP contribution in [0.3, 0.4) is 0 Å². The Balaban J connectivity index is 2.45. The van der Waals surface area contributed by atoms with Crippen molar-refractivity contribution in [3.63, 3.8) is 0 Å². The van der Waals surface area contributed by atoms with Crippen molar-refractivity contribution < 1.29 is 5.11 Å². The van der Waals surface area contributed by atoms with Gasteiger partial charge in [-0.2, -0.15) is 10.1 Å². The van der Waals surface area contributed by atoms with E-state index in [2.05, 4.69) is 15.4 Å². The normalized spacial score (nSPS) is 26.6. The highest BCUT2D eigenvalue weighted by Crippen LogP contribution is 2.17. The second kappa shape index (κ2) is 2.07. The number of aromatic nitrogens is 3. The molecule has 1 aromatic rings. The maximum absolute atomic E-state index is 9.55. The zero-order chi connectivity index (χ0) is 8.77. The molecule has 1 aliphatic rings. The van der Waals surface area contributed by atoms with E-state index in [1.807, 2.05) is 0 Å². The standard InChI is InChI=1S/C7H10N4O/c1-5-8-6-9-7(2,12)3-4-11(6)10-5/h3-4,12H,1-2H3,(H,8,9,10). The van der Waals surface area contributed by atoms with Crippen molar-refractivity contribution in [1.29, 1.82) is 0 Å². The first-order valence-electron chi connectivity index (χ1n) is 3.70. The molecule has 0 aromatic carbocycles. The Hall–Kier alpha value is -1.36. The lowest BCUT2D eigenvalue weighted by Crippen LogP contribution is -2.35. The third-order valence-electron chi connectivity index (χ3n) is 1.64. The summed E-state index contributed by atoms with van der Waals surface area (Å²) in [6, 6.07) is 0. The highest BCUT2D eigenvalue weighted by atomic mass is 16.3. The van der Waals surface area contributed by atoms with E-state index in [1.165, 1.54) is 0 Å². The number of hydrogen-bond donors (Lipinski definition) is 2. The van der Waals surface area contributed by atoms with Gasteiger partial charge in [-0.15, -0.1) is 0 Å². The molecule has 64 valence electrons.